The fourth-order valence-corrected chi connectivity index (χ4v) is 3.39. The average Bonchev–Trinajstić information content (AvgIpc) is 2.65. The highest BCUT2D eigenvalue weighted by atomic mass is 16.3. The van der Waals surface area contributed by atoms with Gasteiger partial charge in [0.05, 0.1) is 0 Å². The number of pyridine rings is 1. The Morgan fingerprint density at radius 2 is 1.67 bits per heavy atom. The largest absolute Gasteiger partial charge is 0.507 e. The molecule has 0 spiro atoms. The van der Waals surface area contributed by atoms with Crippen molar-refractivity contribution in [3.8, 4) is 17.6 Å². The minimum absolute atomic E-state index is 0.184. The maximum absolute atomic E-state index is 12.6. The van der Waals surface area contributed by atoms with Gasteiger partial charge in [-0.15, -0.1) is 0 Å². The highest BCUT2D eigenvalue weighted by molar-refractivity contribution is 5.81. The molecule has 1 N–H and O–H groups in total. The van der Waals surface area contributed by atoms with Gasteiger partial charge in [0.15, 0.2) is 0 Å². The lowest BCUT2D eigenvalue weighted by atomic mass is 9.78. The number of hydrogen-bond acceptors (Lipinski definition) is 3. The normalized spacial score (nSPS) is 11.7. The lowest BCUT2D eigenvalue weighted by molar-refractivity contribution is -0.118. The molecule has 0 fully saturated rings. The standard InChI is InChI=1S/C27H35NO2/c1-26(2,3)23-17-21(18-24(25(23)30)27(4,5)6)16-22(29)14-10-8-7-9-12-20-13-11-15-28-19-20/h11,13,15,17-19,30H,7-8,10,14,16H2,1-6H3. The predicted molar refractivity (Wildman–Crippen MR) is 124 cm³/mol. The summed E-state index contributed by atoms with van der Waals surface area (Å²) in [5, 5.41) is 10.8. The Hall–Kier alpha value is -2.60. The first-order chi connectivity index (χ1) is 14.0. The van der Waals surface area contributed by atoms with E-state index in [0.29, 0.717) is 18.6 Å². The average molecular weight is 406 g/mol. The fraction of sp³-hybridized carbons (Fsp3) is 0.481. The quantitative estimate of drug-likeness (QED) is 0.466. The van der Waals surface area contributed by atoms with Crippen LogP contribution in [0.25, 0.3) is 0 Å². The third-order valence-electron chi connectivity index (χ3n) is 5.09. The number of aromatic hydroxyl groups is 1. The van der Waals surface area contributed by atoms with E-state index in [1.165, 1.54) is 0 Å². The number of phenols is 1. The molecule has 0 bridgehead atoms. The van der Waals surface area contributed by atoms with E-state index in [1.54, 1.807) is 12.4 Å². The second-order valence-electron chi connectivity index (χ2n) is 10.0. The molecule has 0 saturated carbocycles. The molecule has 160 valence electrons. The SMILES string of the molecule is CC(C)(C)c1cc(CC(=O)CCCCC#Cc2cccnc2)cc(C(C)(C)C)c1O. The number of unbranched alkanes of at least 4 members (excludes halogenated alkanes) is 2. The molecule has 1 aromatic heterocycles. The summed E-state index contributed by atoms with van der Waals surface area (Å²) in [5.74, 6) is 6.84. The van der Waals surface area contributed by atoms with Gasteiger partial charge in [-0.05, 0) is 52.5 Å². The lowest BCUT2D eigenvalue weighted by Crippen LogP contribution is -2.18. The van der Waals surface area contributed by atoms with Crippen LogP contribution in [0.15, 0.2) is 36.7 Å². The highest BCUT2D eigenvalue weighted by Crippen LogP contribution is 2.39. The van der Waals surface area contributed by atoms with E-state index in [1.807, 2.05) is 24.3 Å². The van der Waals surface area contributed by atoms with Crippen LogP contribution in [0.4, 0.5) is 0 Å². The molecule has 0 radical (unpaired) electrons. The molecule has 0 aliphatic rings. The van der Waals surface area contributed by atoms with Crippen molar-refractivity contribution < 1.29 is 9.90 Å². The third kappa shape index (κ3) is 7.02. The Kier molecular flexibility index (Phi) is 7.84. The van der Waals surface area contributed by atoms with E-state index >= 15 is 0 Å². The zero-order valence-corrected chi connectivity index (χ0v) is 19.3. The maximum Gasteiger partial charge on any atom is 0.137 e. The summed E-state index contributed by atoms with van der Waals surface area (Å²) in [5.41, 5.74) is 3.35. The van der Waals surface area contributed by atoms with E-state index in [2.05, 4.69) is 58.4 Å². The number of carbonyl (C=O) groups is 1. The van der Waals surface area contributed by atoms with Crippen LogP contribution >= 0.6 is 0 Å². The Morgan fingerprint density at radius 3 is 2.20 bits per heavy atom. The number of hydrogen-bond donors (Lipinski definition) is 1. The molecular formula is C27H35NO2. The second kappa shape index (κ2) is 9.94. The molecule has 0 atom stereocenters. The molecule has 0 amide bonds. The zero-order chi connectivity index (χ0) is 22.4. The number of benzene rings is 1. The molecule has 0 aliphatic carbocycles. The molecule has 0 unspecified atom stereocenters. The summed E-state index contributed by atoms with van der Waals surface area (Å²) >= 11 is 0. The van der Waals surface area contributed by atoms with E-state index in [-0.39, 0.29) is 16.6 Å². The summed E-state index contributed by atoms with van der Waals surface area (Å²) in [7, 11) is 0. The van der Waals surface area contributed by atoms with Gasteiger partial charge in [-0.2, -0.15) is 0 Å². The maximum atomic E-state index is 12.6. The topological polar surface area (TPSA) is 50.2 Å². The van der Waals surface area contributed by atoms with Crippen molar-refractivity contribution in [2.24, 2.45) is 0 Å². The monoisotopic (exact) mass is 405 g/mol. The van der Waals surface area contributed by atoms with Crippen LogP contribution in [-0.4, -0.2) is 15.9 Å². The van der Waals surface area contributed by atoms with Crippen LogP contribution in [0.2, 0.25) is 0 Å². The Balaban J connectivity index is 1.97. The van der Waals surface area contributed by atoms with E-state index in [4.69, 9.17) is 0 Å². The molecular weight excluding hydrogens is 370 g/mol. The van der Waals surface area contributed by atoms with Gasteiger partial charge >= 0.3 is 0 Å². The van der Waals surface area contributed by atoms with Crippen LogP contribution < -0.4 is 0 Å². The van der Waals surface area contributed by atoms with Gasteiger partial charge in [0.25, 0.3) is 0 Å². The van der Waals surface area contributed by atoms with Gasteiger partial charge in [0, 0.05) is 37.2 Å². The first-order valence-electron chi connectivity index (χ1n) is 10.8. The molecule has 0 saturated heterocycles. The number of aromatic nitrogens is 1. The number of rotatable bonds is 6. The Labute approximate surface area is 182 Å². The molecule has 3 heteroatoms. The van der Waals surface area contributed by atoms with Gasteiger partial charge in [-0.3, -0.25) is 9.78 Å². The van der Waals surface area contributed by atoms with Crippen molar-refractivity contribution in [3.63, 3.8) is 0 Å². The number of carbonyl (C=O) groups excluding carboxylic acids is 1. The van der Waals surface area contributed by atoms with E-state index < -0.39 is 0 Å². The van der Waals surface area contributed by atoms with Crippen molar-refractivity contribution >= 4 is 5.78 Å². The molecule has 2 rings (SSSR count). The highest BCUT2D eigenvalue weighted by Gasteiger charge is 2.26. The predicted octanol–water partition coefficient (Wildman–Crippen LogP) is 6.11. The van der Waals surface area contributed by atoms with Crippen molar-refractivity contribution in [1.82, 2.24) is 4.98 Å². The summed E-state index contributed by atoms with van der Waals surface area (Å²) in [6.45, 7) is 12.5. The Morgan fingerprint density at radius 1 is 1.03 bits per heavy atom. The van der Waals surface area contributed by atoms with E-state index in [0.717, 1.165) is 41.5 Å². The van der Waals surface area contributed by atoms with Gasteiger partial charge < -0.3 is 5.11 Å². The van der Waals surface area contributed by atoms with Crippen molar-refractivity contribution in [1.29, 1.82) is 0 Å². The van der Waals surface area contributed by atoms with Crippen LogP contribution in [-0.2, 0) is 22.0 Å². The van der Waals surface area contributed by atoms with Crippen LogP contribution in [0.3, 0.4) is 0 Å². The molecule has 30 heavy (non-hydrogen) atoms. The van der Waals surface area contributed by atoms with Crippen LogP contribution in [0.1, 0.15) is 89.5 Å². The number of Topliss-reactive ketones (excluding diaryl/α,β-unsaturated/α-hetero) is 1. The summed E-state index contributed by atoms with van der Waals surface area (Å²) in [6, 6.07) is 7.82. The van der Waals surface area contributed by atoms with Crippen LogP contribution in [0, 0.1) is 11.8 Å². The van der Waals surface area contributed by atoms with Gasteiger partial charge in [0.1, 0.15) is 11.5 Å². The summed E-state index contributed by atoms with van der Waals surface area (Å²) in [4.78, 5) is 16.6. The third-order valence-corrected chi connectivity index (χ3v) is 5.09. The molecule has 1 aromatic carbocycles. The van der Waals surface area contributed by atoms with Crippen molar-refractivity contribution in [3.05, 3.63) is 58.9 Å². The smallest absolute Gasteiger partial charge is 0.137 e. The molecule has 0 aliphatic heterocycles. The molecule has 3 nitrogen and oxygen atoms in total. The van der Waals surface area contributed by atoms with Gasteiger partial charge in [0.2, 0.25) is 0 Å². The molecule has 1 heterocycles. The first kappa shape index (κ1) is 23.7. The van der Waals surface area contributed by atoms with Gasteiger partial charge in [-0.1, -0.05) is 65.5 Å². The summed E-state index contributed by atoms with van der Waals surface area (Å²) in [6.07, 6.45) is 7.00. The minimum Gasteiger partial charge on any atom is -0.507 e. The van der Waals surface area contributed by atoms with Crippen LogP contribution in [0.5, 0.6) is 5.75 Å². The second-order valence-corrected chi connectivity index (χ2v) is 10.0. The summed E-state index contributed by atoms with van der Waals surface area (Å²) < 4.78 is 0. The Bertz CT molecular complexity index is 884. The number of nitrogens with zero attached hydrogens (tertiary/aromatic N) is 1. The van der Waals surface area contributed by atoms with Crippen molar-refractivity contribution in [2.45, 2.75) is 84.5 Å². The van der Waals surface area contributed by atoms with Crippen molar-refractivity contribution in [2.75, 3.05) is 0 Å². The minimum atomic E-state index is -0.184. The van der Waals surface area contributed by atoms with Gasteiger partial charge in [-0.25, -0.2) is 0 Å². The zero-order valence-electron chi connectivity index (χ0n) is 19.3. The lowest BCUT2D eigenvalue weighted by Gasteiger charge is -2.28. The molecule has 2 aromatic rings. The first-order valence-corrected chi connectivity index (χ1v) is 10.8. The van der Waals surface area contributed by atoms with E-state index in [9.17, 15) is 9.90 Å². The number of ketones is 1. The fourth-order valence-electron chi connectivity index (χ4n) is 3.39. The number of phenolic OH excluding ortho intramolecular Hbond substituents is 1.